The number of aryl methyl sites for hydroxylation is 1. The lowest BCUT2D eigenvalue weighted by atomic mass is 10.1. The molecule has 0 unspecified atom stereocenters. The van der Waals surface area contributed by atoms with Crippen LogP contribution in [-0.4, -0.2) is 31.0 Å². The maximum absolute atomic E-state index is 12.5. The molecule has 0 bridgehead atoms. The third kappa shape index (κ3) is 4.60. The SMILES string of the molecule is COc1ccc2oc(C(=O)O[C@H](C)C(=O)Nc3ccc(NC(C)=O)cc3)c(C)c2c1. The number of fused-ring (bicyclic) bond motifs is 1. The molecule has 2 amide bonds. The normalized spacial score (nSPS) is 11.6. The number of hydrogen-bond acceptors (Lipinski definition) is 6. The van der Waals surface area contributed by atoms with Crippen LogP contribution in [0.2, 0.25) is 0 Å². The lowest BCUT2D eigenvalue weighted by Gasteiger charge is -2.13. The summed E-state index contributed by atoms with van der Waals surface area (Å²) < 4.78 is 16.1. The van der Waals surface area contributed by atoms with Crippen molar-refractivity contribution in [1.29, 1.82) is 0 Å². The van der Waals surface area contributed by atoms with Crippen LogP contribution in [0.25, 0.3) is 11.0 Å². The summed E-state index contributed by atoms with van der Waals surface area (Å²) in [5.41, 5.74) is 2.24. The van der Waals surface area contributed by atoms with E-state index in [-0.39, 0.29) is 11.7 Å². The van der Waals surface area contributed by atoms with Crippen LogP contribution in [0.1, 0.15) is 30.0 Å². The second kappa shape index (κ2) is 8.69. The standard InChI is InChI=1S/C22H22N2O6/c1-12-18-11-17(28-4)9-10-19(18)30-20(12)22(27)29-13(2)21(26)24-16-7-5-15(6-8-16)23-14(3)25/h5-11,13H,1-4H3,(H,23,25)(H,24,26)/t13-/m1/s1. The first-order valence-corrected chi connectivity index (χ1v) is 9.25. The van der Waals surface area contributed by atoms with Crippen molar-refractivity contribution in [3.05, 3.63) is 53.8 Å². The number of carbonyl (C=O) groups excluding carboxylic acids is 3. The zero-order valence-electron chi connectivity index (χ0n) is 17.1. The summed E-state index contributed by atoms with van der Waals surface area (Å²) in [6.07, 6.45) is -1.05. The van der Waals surface area contributed by atoms with Crippen LogP contribution in [0.5, 0.6) is 5.75 Å². The van der Waals surface area contributed by atoms with Crippen LogP contribution >= 0.6 is 0 Å². The van der Waals surface area contributed by atoms with Crippen LogP contribution < -0.4 is 15.4 Å². The summed E-state index contributed by atoms with van der Waals surface area (Å²) in [4.78, 5) is 36.0. The summed E-state index contributed by atoms with van der Waals surface area (Å²) >= 11 is 0. The number of furan rings is 1. The molecule has 0 fully saturated rings. The molecule has 0 saturated heterocycles. The fourth-order valence-electron chi connectivity index (χ4n) is 2.87. The first kappa shape index (κ1) is 20.9. The number of carbonyl (C=O) groups is 3. The maximum Gasteiger partial charge on any atom is 0.375 e. The number of ether oxygens (including phenoxy) is 2. The molecule has 1 aromatic heterocycles. The number of nitrogens with one attached hydrogen (secondary N) is 2. The zero-order chi connectivity index (χ0) is 21.8. The molecule has 3 aromatic rings. The lowest BCUT2D eigenvalue weighted by Crippen LogP contribution is -2.30. The Bertz CT molecular complexity index is 1100. The number of esters is 1. The number of benzene rings is 2. The third-order valence-electron chi connectivity index (χ3n) is 4.45. The molecule has 8 heteroatoms. The van der Waals surface area contributed by atoms with Gasteiger partial charge < -0.3 is 24.5 Å². The van der Waals surface area contributed by atoms with Gasteiger partial charge >= 0.3 is 5.97 Å². The van der Waals surface area contributed by atoms with Gasteiger partial charge in [0.2, 0.25) is 11.7 Å². The van der Waals surface area contributed by atoms with Gasteiger partial charge in [0.05, 0.1) is 7.11 Å². The first-order chi connectivity index (χ1) is 14.3. The third-order valence-corrected chi connectivity index (χ3v) is 4.45. The van der Waals surface area contributed by atoms with Gasteiger partial charge in [-0.1, -0.05) is 0 Å². The number of anilines is 2. The van der Waals surface area contributed by atoms with Gasteiger partial charge in [0, 0.05) is 29.2 Å². The van der Waals surface area contributed by atoms with Crippen molar-refractivity contribution in [1.82, 2.24) is 0 Å². The Kier molecular flexibility index (Phi) is 6.06. The van der Waals surface area contributed by atoms with E-state index >= 15 is 0 Å². The van der Waals surface area contributed by atoms with Crippen LogP contribution in [0.3, 0.4) is 0 Å². The zero-order valence-corrected chi connectivity index (χ0v) is 17.1. The smallest absolute Gasteiger partial charge is 0.375 e. The van der Waals surface area contributed by atoms with E-state index in [0.717, 1.165) is 5.39 Å². The van der Waals surface area contributed by atoms with Crippen LogP contribution in [-0.2, 0) is 14.3 Å². The van der Waals surface area contributed by atoms with Crippen LogP contribution in [0.4, 0.5) is 11.4 Å². The van der Waals surface area contributed by atoms with Crippen molar-refractivity contribution in [2.45, 2.75) is 26.9 Å². The summed E-state index contributed by atoms with van der Waals surface area (Å²) in [6, 6.07) is 11.8. The molecule has 0 radical (unpaired) electrons. The minimum absolute atomic E-state index is 0.0394. The molecular formula is C22H22N2O6. The minimum atomic E-state index is -1.05. The van der Waals surface area contributed by atoms with Crippen molar-refractivity contribution >= 4 is 40.1 Å². The van der Waals surface area contributed by atoms with E-state index in [1.165, 1.54) is 13.8 Å². The van der Waals surface area contributed by atoms with Crippen LogP contribution in [0.15, 0.2) is 46.9 Å². The van der Waals surface area contributed by atoms with E-state index in [9.17, 15) is 14.4 Å². The minimum Gasteiger partial charge on any atom is -0.497 e. The number of methoxy groups -OCH3 is 1. The Hall–Kier alpha value is -3.81. The average molecular weight is 410 g/mol. The Labute approximate surface area is 173 Å². The molecule has 156 valence electrons. The molecule has 3 rings (SSSR count). The van der Waals surface area contributed by atoms with Gasteiger partial charge in [0.1, 0.15) is 11.3 Å². The summed E-state index contributed by atoms with van der Waals surface area (Å²) in [5.74, 6) is -0.731. The van der Waals surface area contributed by atoms with E-state index in [1.807, 2.05) is 0 Å². The number of hydrogen-bond donors (Lipinski definition) is 2. The lowest BCUT2D eigenvalue weighted by molar-refractivity contribution is -0.123. The predicted octanol–water partition coefficient (Wildman–Crippen LogP) is 3.89. The number of amides is 2. The van der Waals surface area contributed by atoms with E-state index < -0.39 is 18.0 Å². The van der Waals surface area contributed by atoms with Gasteiger partial charge in [-0.25, -0.2) is 4.79 Å². The summed E-state index contributed by atoms with van der Waals surface area (Å²) in [6.45, 7) is 4.62. The molecule has 0 saturated carbocycles. The molecule has 0 spiro atoms. The van der Waals surface area contributed by atoms with Gasteiger partial charge in [-0.05, 0) is 56.3 Å². The van der Waals surface area contributed by atoms with Gasteiger partial charge in [-0.2, -0.15) is 0 Å². The molecular weight excluding hydrogens is 388 g/mol. The van der Waals surface area contributed by atoms with Crippen molar-refractivity contribution in [2.75, 3.05) is 17.7 Å². The monoisotopic (exact) mass is 410 g/mol. The molecule has 0 aliphatic rings. The summed E-state index contributed by atoms with van der Waals surface area (Å²) in [7, 11) is 1.55. The Balaban J connectivity index is 1.66. The van der Waals surface area contributed by atoms with Gasteiger partial charge in [0.15, 0.2) is 6.10 Å². The molecule has 0 aliphatic carbocycles. The van der Waals surface area contributed by atoms with Gasteiger partial charge in [0.25, 0.3) is 5.91 Å². The predicted molar refractivity (Wildman–Crippen MR) is 112 cm³/mol. The molecule has 2 N–H and O–H groups in total. The van der Waals surface area contributed by atoms with Gasteiger partial charge in [-0.15, -0.1) is 0 Å². The van der Waals surface area contributed by atoms with E-state index in [4.69, 9.17) is 13.9 Å². The largest absolute Gasteiger partial charge is 0.497 e. The molecule has 1 atom stereocenters. The molecule has 1 heterocycles. The van der Waals surface area contributed by atoms with Crippen LogP contribution in [0, 0.1) is 6.92 Å². The Morgan fingerprint density at radius 2 is 1.63 bits per heavy atom. The highest BCUT2D eigenvalue weighted by Crippen LogP contribution is 2.29. The highest BCUT2D eigenvalue weighted by atomic mass is 16.6. The fourth-order valence-corrected chi connectivity index (χ4v) is 2.87. The molecule has 8 nitrogen and oxygen atoms in total. The van der Waals surface area contributed by atoms with Gasteiger partial charge in [-0.3, -0.25) is 9.59 Å². The summed E-state index contributed by atoms with van der Waals surface area (Å²) in [5, 5.41) is 6.03. The Morgan fingerprint density at radius 1 is 1.00 bits per heavy atom. The Morgan fingerprint density at radius 3 is 2.23 bits per heavy atom. The average Bonchev–Trinajstić information content (AvgIpc) is 3.05. The van der Waals surface area contributed by atoms with Crippen molar-refractivity contribution < 1.29 is 28.3 Å². The molecule has 0 aliphatic heterocycles. The second-order valence-corrected chi connectivity index (χ2v) is 6.71. The first-order valence-electron chi connectivity index (χ1n) is 9.25. The maximum atomic E-state index is 12.5. The van der Waals surface area contributed by atoms with Crippen molar-refractivity contribution in [3.63, 3.8) is 0 Å². The number of rotatable bonds is 6. The molecule has 30 heavy (non-hydrogen) atoms. The highest BCUT2D eigenvalue weighted by Gasteiger charge is 2.24. The van der Waals surface area contributed by atoms with Crippen molar-refractivity contribution in [2.24, 2.45) is 0 Å². The topological polar surface area (TPSA) is 107 Å². The highest BCUT2D eigenvalue weighted by molar-refractivity contribution is 5.99. The fraction of sp³-hybridized carbons (Fsp3) is 0.227. The van der Waals surface area contributed by atoms with Crippen molar-refractivity contribution in [3.8, 4) is 5.75 Å². The molecule has 2 aromatic carbocycles. The van der Waals surface area contributed by atoms with E-state index in [2.05, 4.69) is 10.6 Å². The van der Waals surface area contributed by atoms with E-state index in [0.29, 0.717) is 28.3 Å². The van der Waals surface area contributed by atoms with E-state index in [1.54, 1.807) is 56.5 Å². The quantitative estimate of drug-likeness (QED) is 0.597. The second-order valence-electron chi connectivity index (χ2n) is 6.71.